The summed E-state index contributed by atoms with van der Waals surface area (Å²) in [4.78, 5) is 6.30. The van der Waals surface area contributed by atoms with E-state index in [9.17, 15) is 0 Å². The average Bonchev–Trinajstić information content (AvgIpc) is 2.26. The molecule has 4 heteroatoms. The molecular weight excluding hydrogens is 208 g/mol. The maximum absolute atomic E-state index is 5.36. The predicted molar refractivity (Wildman–Crippen MR) is 65.2 cm³/mol. The molecule has 0 saturated heterocycles. The van der Waals surface area contributed by atoms with Gasteiger partial charge in [0.15, 0.2) is 0 Å². The number of hydrogen-bond donors (Lipinski definition) is 1. The molecule has 0 saturated carbocycles. The van der Waals surface area contributed by atoms with Gasteiger partial charge in [0.25, 0.3) is 0 Å². The van der Waals surface area contributed by atoms with Crippen LogP contribution in [-0.2, 0) is 11.3 Å². The van der Waals surface area contributed by atoms with Crippen molar-refractivity contribution >= 4 is 12.6 Å². The third-order valence-electron chi connectivity index (χ3n) is 2.03. The van der Waals surface area contributed by atoms with Gasteiger partial charge in [0.1, 0.15) is 0 Å². The molecule has 0 bridgehead atoms. The minimum absolute atomic E-state index is 0.726. The van der Waals surface area contributed by atoms with Gasteiger partial charge in [-0.15, -0.1) is 0 Å². The van der Waals surface area contributed by atoms with Gasteiger partial charge in [-0.05, 0) is 18.7 Å². The molecule has 0 radical (unpaired) electrons. The molecule has 0 N–H and O–H groups in total. The second-order valence-electron chi connectivity index (χ2n) is 3.44. The smallest absolute Gasteiger partial charge is 0.0593 e. The molecular formula is C11H18N2OS. The number of hydrogen-bond acceptors (Lipinski definition) is 4. The van der Waals surface area contributed by atoms with Gasteiger partial charge in [-0.1, -0.05) is 6.07 Å². The second-order valence-corrected chi connectivity index (χ2v) is 3.88. The third-order valence-corrected chi connectivity index (χ3v) is 2.21. The van der Waals surface area contributed by atoms with E-state index >= 15 is 0 Å². The standard InChI is InChI=1S/C11H18N2OS/c1-13(5-6-14-7-8-15)10-11-3-2-4-12-9-11/h2-4,9,15H,5-8,10H2,1H3. The van der Waals surface area contributed by atoms with E-state index in [1.807, 2.05) is 12.3 Å². The van der Waals surface area contributed by atoms with Crippen LogP contribution in [0.15, 0.2) is 24.5 Å². The zero-order valence-corrected chi connectivity index (χ0v) is 9.99. The fraction of sp³-hybridized carbons (Fsp3) is 0.545. The Morgan fingerprint density at radius 2 is 2.33 bits per heavy atom. The zero-order chi connectivity index (χ0) is 10.9. The summed E-state index contributed by atoms with van der Waals surface area (Å²) in [6.07, 6.45) is 3.68. The summed E-state index contributed by atoms with van der Waals surface area (Å²) in [6.45, 7) is 3.34. The Morgan fingerprint density at radius 3 is 3.00 bits per heavy atom. The fourth-order valence-electron chi connectivity index (χ4n) is 1.27. The van der Waals surface area contributed by atoms with Gasteiger partial charge >= 0.3 is 0 Å². The van der Waals surface area contributed by atoms with Crippen molar-refractivity contribution in [3.8, 4) is 0 Å². The maximum Gasteiger partial charge on any atom is 0.0593 e. The SMILES string of the molecule is CN(CCOCCS)Cc1cccnc1. The molecule has 1 aromatic heterocycles. The van der Waals surface area contributed by atoms with Gasteiger partial charge in [-0.3, -0.25) is 9.88 Å². The molecule has 0 spiro atoms. The van der Waals surface area contributed by atoms with Crippen molar-refractivity contribution in [3.63, 3.8) is 0 Å². The van der Waals surface area contributed by atoms with Crippen LogP contribution in [0.3, 0.4) is 0 Å². The van der Waals surface area contributed by atoms with Crippen molar-refractivity contribution in [2.45, 2.75) is 6.54 Å². The maximum atomic E-state index is 5.36. The fourth-order valence-corrected chi connectivity index (χ4v) is 1.40. The Morgan fingerprint density at radius 1 is 1.47 bits per heavy atom. The van der Waals surface area contributed by atoms with Crippen LogP contribution < -0.4 is 0 Å². The molecule has 0 amide bonds. The van der Waals surface area contributed by atoms with E-state index in [2.05, 4.69) is 35.6 Å². The molecule has 0 unspecified atom stereocenters. The Hall–Kier alpha value is -0.580. The molecule has 0 aromatic carbocycles. The van der Waals surface area contributed by atoms with Crippen LogP contribution in [-0.4, -0.2) is 42.4 Å². The number of ether oxygens (including phenoxy) is 1. The van der Waals surface area contributed by atoms with E-state index < -0.39 is 0 Å². The molecule has 15 heavy (non-hydrogen) atoms. The molecule has 84 valence electrons. The van der Waals surface area contributed by atoms with Gasteiger partial charge in [0.05, 0.1) is 13.2 Å². The summed E-state index contributed by atoms with van der Waals surface area (Å²) in [7, 11) is 2.08. The van der Waals surface area contributed by atoms with Gasteiger partial charge in [0.2, 0.25) is 0 Å². The van der Waals surface area contributed by atoms with Gasteiger partial charge in [-0.2, -0.15) is 12.6 Å². The summed E-state index contributed by atoms with van der Waals surface area (Å²) in [5.41, 5.74) is 1.23. The van der Waals surface area contributed by atoms with E-state index in [1.165, 1.54) is 5.56 Å². The van der Waals surface area contributed by atoms with Crippen LogP contribution in [0.25, 0.3) is 0 Å². The molecule has 0 aliphatic rings. The normalized spacial score (nSPS) is 10.9. The highest BCUT2D eigenvalue weighted by Gasteiger charge is 1.99. The topological polar surface area (TPSA) is 25.4 Å². The first kappa shape index (κ1) is 12.5. The Bertz CT molecular complexity index is 256. The Kier molecular flexibility index (Phi) is 6.39. The van der Waals surface area contributed by atoms with Crippen molar-refractivity contribution in [1.29, 1.82) is 0 Å². The van der Waals surface area contributed by atoms with E-state index in [4.69, 9.17) is 4.74 Å². The lowest BCUT2D eigenvalue weighted by atomic mass is 10.3. The molecule has 3 nitrogen and oxygen atoms in total. The van der Waals surface area contributed by atoms with E-state index in [0.717, 1.165) is 32.1 Å². The minimum atomic E-state index is 0.726. The molecule has 1 rings (SSSR count). The number of likely N-dealkylation sites (N-methyl/N-ethyl adjacent to an activating group) is 1. The second kappa shape index (κ2) is 7.68. The van der Waals surface area contributed by atoms with E-state index in [1.54, 1.807) is 6.20 Å². The zero-order valence-electron chi connectivity index (χ0n) is 9.09. The van der Waals surface area contributed by atoms with Crippen LogP contribution in [0.2, 0.25) is 0 Å². The first-order chi connectivity index (χ1) is 7.33. The van der Waals surface area contributed by atoms with Crippen LogP contribution in [0.5, 0.6) is 0 Å². The summed E-state index contributed by atoms with van der Waals surface area (Å²) in [5, 5.41) is 0. The monoisotopic (exact) mass is 226 g/mol. The largest absolute Gasteiger partial charge is 0.379 e. The minimum Gasteiger partial charge on any atom is -0.379 e. The van der Waals surface area contributed by atoms with Gasteiger partial charge in [-0.25, -0.2) is 0 Å². The molecule has 0 aliphatic heterocycles. The number of aromatic nitrogens is 1. The molecule has 0 atom stereocenters. The Labute approximate surface area is 96.9 Å². The lowest BCUT2D eigenvalue weighted by Gasteiger charge is -2.16. The third kappa shape index (κ3) is 5.77. The van der Waals surface area contributed by atoms with Crippen LogP contribution in [0, 0.1) is 0 Å². The highest BCUT2D eigenvalue weighted by Crippen LogP contribution is 1.99. The van der Waals surface area contributed by atoms with Crippen LogP contribution in [0.4, 0.5) is 0 Å². The quantitative estimate of drug-likeness (QED) is 0.563. The molecule has 0 fully saturated rings. The first-order valence-electron chi connectivity index (χ1n) is 5.09. The summed E-state index contributed by atoms with van der Waals surface area (Å²) in [5.74, 6) is 0.784. The van der Waals surface area contributed by atoms with Crippen molar-refractivity contribution in [2.24, 2.45) is 0 Å². The van der Waals surface area contributed by atoms with Crippen LogP contribution >= 0.6 is 12.6 Å². The van der Waals surface area contributed by atoms with Crippen molar-refractivity contribution in [1.82, 2.24) is 9.88 Å². The number of thiol groups is 1. The van der Waals surface area contributed by atoms with E-state index in [-0.39, 0.29) is 0 Å². The van der Waals surface area contributed by atoms with Crippen molar-refractivity contribution < 1.29 is 4.74 Å². The lowest BCUT2D eigenvalue weighted by molar-refractivity contribution is 0.122. The highest BCUT2D eigenvalue weighted by atomic mass is 32.1. The molecule has 1 heterocycles. The lowest BCUT2D eigenvalue weighted by Crippen LogP contribution is -2.23. The van der Waals surface area contributed by atoms with E-state index in [0.29, 0.717) is 0 Å². The number of pyridine rings is 1. The van der Waals surface area contributed by atoms with Gasteiger partial charge in [0, 0.05) is 31.2 Å². The summed E-state index contributed by atoms with van der Waals surface area (Å²) >= 11 is 4.08. The molecule has 0 aliphatic carbocycles. The summed E-state index contributed by atoms with van der Waals surface area (Å²) < 4.78 is 5.36. The van der Waals surface area contributed by atoms with Crippen molar-refractivity contribution in [2.75, 3.05) is 32.6 Å². The predicted octanol–water partition coefficient (Wildman–Crippen LogP) is 1.46. The Balaban J connectivity index is 2.16. The first-order valence-corrected chi connectivity index (χ1v) is 5.72. The summed E-state index contributed by atoms with van der Waals surface area (Å²) in [6, 6.07) is 4.04. The number of nitrogens with zero attached hydrogens (tertiary/aromatic N) is 2. The van der Waals surface area contributed by atoms with Gasteiger partial charge < -0.3 is 4.74 Å². The average molecular weight is 226 g/mol. The number of rotatable bonds is 7. The molecule has 1 aromatic rings. The van der Waals surface area contributed by atoms with Crippen LogP contribution in [0.1, 0.15) is 5.56 Å². The van der Waals surface area contributed by atoms with Crippen molar-refractivity contribution in [3.05, 3.63) is 30.1 Å². The highest BCUT2D eigenvalue weighted by molar-refractivity contribution is 7.80.